The minimum absolute atomic E-state index is 0.0951. The largest absolute Gasteiger partial charge is 0.399 e. The molecule has 0 atom stereocenters. The fourth-order valence-corrected chi connectivity index (χ4v) is 1.97. The molecular weight excluding hydrogens is 313 g/mol. The highest BCUT2D eigenvalue weighted by Gasteiger charge is 2.13. The van der Waals surface area contributed by atoms with Gasteiger partial charge < -0.3 is 11.1 Å². The van der Waals surface area contributed by atoms with Gasteiger partial charge in [0.15, 0.2) is 0 Å². The van der Waals surface area contributed by atoms with Crippen LogP contribution in [0.3, 0.4) is 0 Å². The molecule has 2 rings (SSSR count). The molecule has 0 aliphatic carbocycles. The average molecular weight is 324 g/mol. The van der Waals surface area contributed by atoms with E-state index < -0.39 is 11.7 Å². The summed E-state index contributed by atoms with van der Waals surface area (Å²) in [7, 11) is 0. The molecule has 1 aromatic heterocycles. The van der Waals surface area contributed by atoms with Crippen LogP contribution in [0.4, 0.5) is 15.8 Å². The van der Waals surface area contributed by atoms with Crippen LogP contribution < -0.4 is 11.1 Å². The van der Waals surface area contributed by atoms with E-state index in [0.717, 1.165) is 6.07 Å². The summed E-state index contributed by atoms with van der Waals surface area (Å²) in [6.07, 6.45) is 0. The molecule has 3 N–H and O–H groups in total. The van der Waals surface area contributed by atoms with Gasteiger partial charge in [-0.2, -0.15) is 0 Å². The number of nitrogens with one attached hydrogen (secondary N) is 1. The quantitative estimate of drug-likeness (QED) is 0.659. The van der Waals surface area contributed by atoms with E-state index in [4.69, 9.17) is 5.73 Å². The van der Waals surface area contributed by atoms with Crippen molar-refractivity contribution in [2.24, 2.45) is 0 Å². The maximum atomic E-state index is 13.5. The topological polar surface area (TPSA) is 68.0 Å². The number of aryl methyl sites for hydroxylation is 1. The molecule has 0 aliphatic heterocycles. The van der Waals surface area contributed by atoms with Crippen LogP contribution in [0.2, 0.25) is 0 Å². The van der Waals surface area contributed by atoms with E-state index in [1.807, 2.05) is 0 Å². The zero-order chi connectivity index (χ0) is 14.0. The fourth-order valence-electron chi connectivity index (χ4n) is 1.57. The Labute approximate surface area is 118 Å². The van der Waals surface area contributed by atoms with Crippen molar-refractivity contribution >= 4 is 33.2 Å². The van der Waals surface area contributed by atoms with Crippen molar-refractivity contribution < 1.29 is 9.18 Å². The predicted molar refractivity (Wildman–Crippen MR) is 75.4 cm³/mol. The monoisotopic (exact) mass is 323 g/mol. The Hall–Kier alpha value is -1.95. The molecule has 0 spiro atoms. The minimum Gasteiger partial charge on any atom is -0.399 e. The number of carbonyl (C=O) groups excluding carboxylic acids is 1. The highest BCUT2D eigenvalue weighted by Crippen LogP contribution is 2.18. The van der Waals surface area contributed by atoms with Crippen molar-refractivity contribution in [1.29, 1.82) is 0 Å². The molecule has 0 aliphatic rings. The Morgan fingerprint density at radius 1 is 1.37 bits per heavy atom. The molecule has 6 heteroatoms. The molecule has 1 amide bonds. The van der Waals surface area contributed by atoms with Gasteiger partial charge in [-0.25, -0.2) is 9.37 Å². The number of aromatic nitrogens is 1. The Bertz CT molecular complexity index is 646. The van der Waals surface area contributed by atoms with Gasteiger partial charge in [-0.3, -0.25) is 4.79 Å². The summed E-state index contributed by atoms with van der Waals surface area (Å²) >= 11 is 3.23. The van der Waals surface area contributed by atoms with Gasteiger partial charge in [0, 0.05) is 5.69 Å². The zero-order valence-electron chi connectivity index (χ0n) is 10.1. The number of rotatable bonds is 2. The van der Waals surface area contributed by atoms with Crippen LogP contribution in [0.5, 0.6) is 0 Å². The van der Waals surface area contributed by atoms with Gasteiger partial charge in [-0.05, 0) is 53.2 Å². The molecule has 0 bridgehead atoms. The number of nitrogens with zero attached hydrogens (tertiary/aromatic N) is 1. The lowest BCUT2D eigenvalue weighted by Crippen LogP contribution is -2.15. The number of carbonyl (C=O) groups is 1. The predicted octanol–water partition coefficient (Wildman–Crippen LogP) is 3.13. The molecule has 1 aromatic carbocycles. The summed E-state index contributed by atoms with van der Waals surface area (Å²) in [5.41, 5.74) is 6.93. The molecule has 98 valence electrons. The number of halogens is 2. The highest BCUT2D eigenvalue weighted by molar-refractivity contribution is 9.10. The lowest BCUT2D eigenvalue weighted by atomic mass is 10.1. The van der Waals surface area contributed by atoms with E-state index in [1.165, 1.54) is 12.1 Å². The van der Waals surface area contributed by atoms with Crippen molar-refractivity contribution in [3.63, 3.8) is 0 Å². The second kappa shape index (κ2) is 5.36. The Balaban J connectivity index is 2.28. The number of hydrogen-bond acceptors (Lipinski definition) is 3. The van der Waals surface area contributed by atoms with E-state index in [-0.39, 0.29) is 5.56 Å². The molecule has 2 aromatic rings. The normalized spacial score (nSPS) is 10.3. The van der Waals surface area contributed by atoms with Crippen LogP contribution in [0.1, 0.15) is 16.1 Å². The average Bonchev–Trinajstić information content (AvgIpc) is 2.35. The number of hydrogen-bond donors (Lipinski definition) is 2. The molecule has 4 nitrogen and oxygen atoms in total. The standard InChI is InChI=1S/C13H11BrFN3O/c1-7-11(4-5-12(14)17-7)18-13(19)9-6-8(16)2-3-10(9)15/h2-6H,16H2,1H3,(H,18,19). The maximum Gasteiger partial charge on any atom is 0.258 e. The van der Waals surface area contributed by atoms with Crippen LogP contribution in [0.25, 0.3) is 0 Å². The summed E-state index contributed by atoms with van der Waals surface area (Å²) in [5.74, 6) is -1.17. The van der Waals surface area contributed by atoms with E-state index >= 15 is 0 Å². The molecule has 19 heavy (non-hydrogen) atoms. The number of nitrogen functional groups attached to an aromatic ring is 1. The molecule has 0 radical (unpaired) electrons. The molecule has 0 fully saturated rings. The lowest BCUT2D eigenvalue weighted by Gasteiger charge is -2.09. The summed E-state index contributed by atoms with van der Waals surface area (Å²) in [6, 6.07) is 7.24. The van der Waals surface area contributed by atoms with Gasteiger partial charge >= 0.3 is 0 Å². The van der Waals surface area contributed by atoms with Gasteiger partial charge in [0.1, 0.15) is 10.4 Å². The van der Waals surface area contributed by atoms with Crippen LogP contribution in [-0.4, -0.2) is 10.9 Å². The van der Waals surface area contributed by atoms with E-state index in [1.54, 1.807) is 19.1 Å². The van der Waals surface area contributed by atoms with Gasteiger partial charge in [-0.1, -0.05) is 0 Å². The molecule has 1 heterocycles. The molecule has 0 unspecified atom stereocenters. The molecule has 0 saturated carbocycles. The SMILES string of the molecule is Cc1nc(Br)ccc1NC(=O)c1cc(N)ccc1F. The fraction of sp³-hybridized carbons (Fsp3) is 0.0769. The van der Waals surface area contributed by atoms with Gasteiger partial charge in [-0.15, -0.1) is 0 Å². The summed E-state index contributed by atoms with van der Waals surface area (Å²) in [4.78, 5) is 16.1. The lowest BCUT2D eigenvalue weighted by molar-refractivity contribution is 0.102. The van der Waals surface area contributed by atoms with Crippen LogP contribution >= 0.6 is 15.9 Å². The minimum atomic E-state index is -0.616. The first-order valence-corrected chi connectivity index (χ1v) is 6.26. The van der Waals surface area contributed by atoms with Crippen LogP contribution in [0.15, 0.2) is 34.9 Å². The van der Waals surface area contributed by atoms with Gasteiger partial charge in [0.2, 0.25) is 0 Å². The second-order valence-corrected chi connectivity index (χ2v) is 4.77. The van der Waals surface area contributed by atoms with Crippen LogP contribution in [0, 0.1) is 12.7 Å². The van der Waals surface area contributed by atoms with Crippen molar-refractivity contribution in [2.75, 3.05) is 11.1 Å². The molecular formula is C13H11BrFN3O. The maximum absolute atomic E-state index is 13.5. The van der Waals surface area contributed by atoms with Crippen molar-refractivity contribution in [2.45, 2.75) is 6.92 Å². The first-order valence-electron chi connectivity index (χ1n) is 5.47. The van der Waals surface area contributed by atoms with Crippen molar-refractivity contribution in [3.8, 4) is 0 Å². The number of benzene rings is 1. The number of amides is 1. The zero-order valence-corrected chi connectivity index (χ0v) is 11.7. The summed E-state index contributed by atoms with van der Waals surface area (Å²) in [5, 5.41) is 2.60. The van der Waals surface area contributed by atoms with E-state index in [9.17, 15) is 9.18 Å². The number of pyridine rings is 1. The summed E-state index contributed by atoms with van der Waals surface area (Å²) in [6.45, 7) is 1.75. The Morgan fingerprint density at radius 2 is 2.11 bits per heavy atom. The van der Waals surface area contributed by atoms with Crippen molar-refractivity contribution in [3.05, 3.63) is 52.0 Å². The second-order valence-electron chi connectivity index (χ2n) is 3.96. The van der Waals surface area contributed by atoms with Crippen molar-refractivity contribution in [1.82, 2.24) is 4.98 Å². The van der Waals surface area contributed by atoms with E-state index in [2.05, 4.69) is 26.2 Å². The highest BCUT2D eigenvalue weighted by atomic mass is 79.9. The van der Waals surface area contributed by atoms with Gasteiger partial charge in [0.25, 0.3) is 5.91 Å². The van der Waals surface area contributed by atoms with Gasteiger partial charge in [0.05, 0.1) is 16.9 Å². The smallest absolute Gasteiger partial charge is 0.258 e. The first-order chi connectivity index (χ1) is 8.97. The molecule has 0 saturated heterocycles. The third kappa shape index (κ3) is 3.08. The number of nitrogens with two attached hydrogens (primary N) is 1. The van der Waals surface area contributed by atoms with E-state index in [0.29, 0.717) is 21.7 Å². The third-order valence-corrected chi connectivity index (χ3v) is 2.98. The Morgan fingerprint density at radius 3 is 2.79 bits per heavy atom. The Kier molecular flexibility index (Phi) is 3.80. The first kappa shape index (κ1) is 13.5. The number of anilines is 2. The van der Waals surface area contributed by atoms with Crippen LogP contribution in [-0.2, 0) is 0 Å². The third-order valence-electron chi connectivity index (χ3n) is 2.54. The summed E-state index contributed by atoms with van der Waals surface area (Å²) < 4.78 is 14.2.